The number of carbonyl (C=O) groups is 1. The van der Waals surface area contributed by atoms with Gasteiger partial charge in [-0.05, 0) is 23.8 Å². The molecule has 0 heterocycles. The summed E-state index contributed by atoms with van der Waals surface area (Å²) in [7, 11) is 0. The van der Waals surface area contributed by atoms with Crippen molar-refractivity contribution >= 4 is 11.9 Å². The molecule has 0 atom stereocenters. The molecule has 0 bridgehead atoms. The van der Waals surface area contributed by atoms with Gasteiger partial charge in [-0.2, -0.15) is 0 Å². The quantitative estimate of drug-likeness (QED) is 0.447. The van der Waals surface area contributed by atoms with Gasteiger partial charge < -0.3 is 4.74 Å². The summed E-state index contributed by atoms with van der Waals surface area (Å²) in [6.07, 6.45) is 2.74. The third-order valence-electron chi connectivity index (χ3n) is 2.89. The van der Waals surface area contributed by atoms with Gasteiger partial charge in [-0.3, -0.25) is 14.9 Å². The summed E-state index contributed by atoms with van der Waals surface area (Å²) in [6.45, 7) is -0.294. The van der Waals surface area contributed by atoms with Crippen LogP contribution in [-0.4, -0.2) is 17.3 Å². The highest BCUT2D eigenvalue weighted by Crippen LogP contribution is 2.20. The second kappa shape index (κ2) is 7.73. The van der Waals surface area contributed by atoms with Gasteiger partial charge in [-0.25, -0.2) is 0 Å². The van der Waals surface area contributed by atoms with Crippen molar-refractivity contribution in [2.24, 2.45) is 0 Å². The summed E-state index contributed by atoms with van der Waals surface area (Å²) >= 11 is 0. The van der Waals surface area contributed by atoms with E-state index in [4.69, 9.17) is 4.74 Å². The summed E-state index contributed by atoms with van der Waals surface area (Å²) in [5, 5.41) is 10.3. The molecule has 0 saturated heterocycles. The molecular weight excluding hydrogens is 282 g/mol. The monoisotopic (exact) mass is 297 g/mol. The number of para-hydroxylation sites is 1. The number of hydrogen-bond donors (Lipinski definition) is 0. The molecule has 5 heteroatoms. The lowest BCUT2D eigenvalue weighted by Gasteiger charge is -2.09. The van der Waals surface area contributed by atoms with Crippen LogP contribution in [-0.2, 0) is 11.4 Å². The zero-order chi connectivity index (χ0) is 15.8. The number of benzene rings is 2. The molecule has 0 spiro atoms. The van der Waals surface area contributed by atoms with Crippen LogP contribution in [0.4, 0.5) is 0 Å². The van der Waals surface area contributed by atoms with Crippen molar-refractivity contribution in [3.63, 3.8) is 0 Å². The number of hydrogen-bond acceptors (Lipinski definition) is 4. The van der Waals surface area contributed by atoms with E-state index in [1.807, 2.05) is 42.5 Å². The number of nitrogens with zero attached hydrogens (tertiary/aromatic N) is 1. The van der Waals surface area contributed by atoms with Crippen LogP contribution in [0.25, 0.3) is 6.08 Å². The number of ketones is 1. The average Bonchev–Trinajstić information content (AvgIpc) is 2.52. The maximum atomic E-state index is 11.3. The second-order valence-electron chi connectivity index (χ2n) is 4.60. The molecule has 0 aliphatic heterocycles. The second-order valence-corrected chi connectivity index (χ2v) is 4.60. The van der Waals surface area contributed by atoms with Crippen LogP contribution in [0.2, 0.25) is 0 Å². The number of carbonyl (C=O) groups excluding carboxylic acids is 1. The third kappa shape index (κ3) is 4.86. The molecule has 2 aromatic rings. The van der Waals surface area contributed by atoms with Gasteiger partial charge in [-0.15, -0.1) is 0 Å². The number of ether oxygens (including phenoxy) is 1. The van der Waals surface area contributed by atoms with E-state index in [9.17, 15) is 14.9 Å². The Morgan fingerprint density at radius 1 is 1.09 bits per heavy atom. The smallest absolute Gasteiger partial charge is 0.265 e. The van der Waals surface area contributed by atoms with Gasteiger partial charge in [0.25, 0.3) is 6.54 Å². The zero-order valence-corrected chi connectivity index (χ0v) is 11.8. The van der Waals surface area contributed by atoms with Crippen molar-refractivity contribution in [3.05, 3.63) is 81.9 Å². The minimum atomic E-state index is -0.705. The fourth-order valence-electron chi connectivity index (χ4n) is 1.85. The maximum Gasteiger partial charge on any atom is 0.265 e. The topological polar surface area (TPSA) is 69.4 Å². The summed E-state index contributed by atoms with van der Waals surface area (Å²) in [4.78, 5) is 21.0. The molecule has 2 aromatic carbocycles. The molecule has 0 aliphatic carbocycles. The van der Waals surface area contributed by atoms with Gasteiger partial charge in [0.15, 0.2) is 0 Å². The van der Waals surface area contributed by atoms with E-state index in [-0.39, 0.29) is 0 Å². The Morgan fingerprint density at radius 3 is 2.50 bits per heavy atom. The van der Waals surface area contributed by atoms with Crippen molar-refractivity contribution < 1.29 is 14.5 Å². The Bertz CT molecular complexity index is 680. The highest BCUT2D eigenvalue weighted by molar-refractivity contribution is 5.94. The van der Waals surface area contributed by atoms with E-state index in [2.05, 4.69) is 0 Å². The van der Waals surface area contributed by atoms with Gasteiger partial charge in [0.2, 0.25) is 5.78 Å². The number of nitro groups is 1. The summed E-state index contributed by atoms with van der Waals surface area (Å²) in [5.74, 6) is 0.0689. The van der Waals surface area contributed by atoms with Crippen LogP contribution in [0.15, 0.2) is 60.7 Å². The van der Waals surface area contributed by atoms with E-state index in [0.717, 1.165) is 5.56 Å². The highest BCUT2D eigenvalue weighted by atomic mass is 16.6. The van der Waals surface area contributed by atoms with Gasteiger partial charge in [0.1, 0.15) is 12.4 Å². The van der Waals surface area contributed by atoms with Crippen LogP contribution in [0.1, 0.15) is 11.1 Å². The molecule has 0 aromatic heterocycles. The predicted molar refractivity (Wildman–Crippen MR) is 83.1 cm³/mol. The molecule has 5 nitrogen and oxygen atoms in total. The Balaban J connectivity index is 2.05. The van der Waals surface area contributed by atoms with E-state index >= 15 is 0 Å². The van der Waals surface area contributed by atoms with E-state index in [1.54, 1.807) is 12.1 Å². The van der Waals surface area contributed by atoms with E-state index < -0.39 is 17.3 Å². The van der Waals surface area contributed by atoms with Crippen molar-refractivity contribution in [2.75, 3.05) is 6.54 Å². The highest BCUT2D eigenvalue weighted by Gasteiger charge is 2.06. The molecule has 0 saturated carbocycles. The first kappa shape index (κ1) is 15.4. The normalized spacial score (nSPS) is 10.5. The van der Waals surface area contributed by atoms with Gasteiger partial charge in [0.05, 0.1) is 0 Å². The fourth-order valence-corrected chi connectivity index (χ4v) is 1.85. The summed E-state index contributed by atoms with van der Waals surface area (Å²) in [6, 6.07) is 16.9. The van der Waals surface area contributed by atoms with Gasteiger partial charge in [0, 0.05) is 10.5 Å². The van der Waals surface area contributed by atoms with Gasteiger partial charge in [-0.1, -0.05) is 48.5 Å². The van der Waals surface area contributed by atoms with E-state index in [1.165, 1.54) is 12.2 Å². The maximum absolute atomic E-state index is 11.3. The number of rotatable bonds is 7. The van der Waals surface area contributed by atoms with Crippen LogP contribution < -0.4 is 4.74 Å². The Kier molecular flexibility index (Phi) is 5.43. The zero-order valence-electron chi connectivity index (χ0n) is 11.8. The predicted octanol–water partition coefficient (Wildman–Crippen LogP) is 3.12. The first-order chi connectivity index (χ1) is 10.6. The lowest BCUT2D eigenvalue weighted by Crippen LogP contribution is -2.10. The largest absolute Gasteiger partial charge is 0.488 e. The fraction of sp³-hybridized carbons (Fsp3) is 0.118. The van der Waals surface area contributed by atoms with Crippen molar-refractivity contribution in [3.8, 4) is 5.75 Å². The Labute approximate surface area is 128 Å². The standard InChI is InChI=1S/C17H15NO4/c19-16(12-18(20)21)11-10-15-8-4-5-9-17(15)22-13-14-6-2-1-3-7-14/h1-11H,12-13H2. The van der Waals surface area contributed by atoms with Crippen molar-refractivity contribution in [1.29, 1.82) is 0 Å². The summed E-state index contributed by atoms with van der Waals surface area (Å²) < 4.78 is 5.74. The molecule has 0 radical (unpaired) electrons. The first-order valence-electron chi connectivity index (χ1n) is 6.73. The molecule has 0 aliphatic rings. The Hall–Kier alpha value is -2.95. The molecule has 0 fully saturated rings. The Morgan fingerprint density at radius 2 is 1.77 bits per heavy atom. The van der Waals surface area contributed by atoms with Crippen LogP contribution in [0, 0.1) is 10.1 Å². The van der Waals surface area contributed by atoms with Gasteiger partial charge >= 0.3 is 0 Å². The minimum Gasteiger partial charge on any atom is -0.488 e. The minimum absolute atomic E-state index is 0.411. The lowest BCUT2D eigenvalue weighted by molar-refractivity contribution is -0.466. The van der Waals surface area contributed by atoms with Crippen LogP contribution >= 0.6 is 0 Å². The summed E-state index contributed by atoms with van der Waals surface area (Å²) in [5.41, 5.74) is 1.74. The third-order valence-corrected chi connectivity index (χ3v) is 2.89. The lowest BCUT2D eigenvalue weighted by atomic mass is 10.1. The average molecular weight is 297 g/mol. The molecule has 112 valence electrons. The van der Waals surface area contributed by atoms with E-state index in [0.29, 0.717) is 17.9 Å². The molecular formula is C17H15NO4. The first-order valence-corrected chi connectivity index (χ1v) is 6.73. The molecule has 22 heavy (non-hydrogen) atoms. The molecule has 0 unspecified atom stereocenters. The van der Waals surface area contributed by atoms with Crippen molar-refractivity contribution in [1.82, 2.24) is 0 Å². The SMILES string of the molecule is O=C(C=Cc1ccccc1OCc1ccccc1)C[N+](=O)[O-]. The molecule has 0 amide bonds. The molecule has 0 N–H and O–H groups in total. The molecule has 2 rings (SSSR count). The van der Waals surface area contributed by atoms with Crippen molar-refractivity contribution in [2.45, 2.75) is 6.61 Å². The van der Waals surface area contributed by atoms with Crippen LogP contribution in [0.3, 0.4) is 0 Å². The van der Waals surface area contributed by atoms with Crippen LogP contribution in [0.5, 0.6) is 5.75 Å².